The molecule has 1 rings (SSSR count). The molecule has 0 heterocycles. The highest BCUT2D eigenvalue weighted by molar-refractivity contribution is 5.66. The predicted octanol–water partition coefficient (Wildman–Crippen LogP) is -0.113. The SMILES string of the molecule is CC(=O)ONC1C(C)[C@H]1C=O. The van der Waals surface area contributed by atoms with E-state index >= 15 is 0 Å². The normalized spacial score (nSPS) is 34.5. The lowest BCUT2D eigenvalue weighted by atomic mass is 10.4. The van der Waals surface area contributed by atoms with Crippen molar-refractivity contribution < 1.29 is 14.4 Å². The van der Waals surface area contributed by atoms with E-state index in [9.17, 15) is 9.59 Å². The minimum absolute atomic E-state index is 0.00866. The van der Waals surface area contributed by atoms with E-state index in [4.69, 9.17) is 0 Å². The summed E-state index contributed by atoms with van der Waals surface area (Å²) < 4.78 is 0. The average molecular weight is 157 g/mol. The van der Waals surface area contributed by atoms with Crippen LogP contribution in [0.3, 0.4) is 0 Å². The number of hydrogen-bond donors (Lipinski definition) is 1. The van der Waals surface area contributed by atoms with E-state index in [1.165, 1.54) is 6.92 Å². The first-order valence-corrected chi connectivity index (χ1v) is 3.55. The topological polar surface area (TPSA) is 55.4 Å². The number of rotatable bonds is 3. The van der Waals surface area contributed by atoms with Crippen molar-refractivity contribution in [1.29, 1.82) is 0 Å². The number of aldehydes is 1. The summed E-state index contributed by atoms with van der Waals surface area (Å²) in [5.74, 6) is -0.0880. The van der Waals surface area contributed by atoms with Crippen molar-refractivity contribution in [2.75, 3.05) is 0 Å². The zero-order valence-electron chi connectivity index (χ0n) is 6.53. The fourth-order valence-electron chi connectivity index (χ4n) is 1.04. The fraction of sp³-hybridized carbons (Fsp3) is 0.714. The van der Waals surface area contributed by atoms with Crippen LogP contribution in [-0.4, -0.2) is 18.3 Å². The van der Waals surface area contributed by atoms with Gasteiger partial charge in [-0.3, -0.25) is 4.79 Å². The summed E-state index contributed by atoms with van der Waals surface area (Å²) in [6, 6.07) is 0.0244. The van der Waals surface area contributed by atoms with E-state index < -0.39 is 0 Å². The summed E-state index contributed by atoms with van der Waals surface area (Å²) >= 11 is 0. The van der Waals surface area contributed by atoms with Crippen LogP contribution in [0.25, 0.3) is 0 Å². The Bertz CT molecular complexity index is 181. The molecule has 2 unspecified atom stereocenters. The number of carbonyl (C=O) groups is 2. The number of hydrogen-bond acceptors (Lipinski definition) is 4. The van der Waals surface area contributed by atoms with Crippen LogP contribution in [0.2, 0.25) is 0 Å². The van der Waals surface area contributed by atoms with E-state index in [1.54, 1.807) is 0 Å². The lowest BCUT2D eigenvalue weighted by Crippen LogP contribution is -2.22. The quantitative estimate of drug-likeness (QED) is 0.458. The molecule has 3 atom stereocenters. The van der Waals surface area contributed by atoms with Gasteiger partial charge in [0, 0.05) is 12.8 Å². The van der Waals surface area contributed by atoms with Gasteiger partial charge in [-0.25, -0.2) is 0 Å². The minimum atomic E-state index is -0.381. The van der Waals surface area contributed by atoms with Crippen LogP contribution in [0, 0.1) is 11.8 Å². The molecule has 1 aliphatic rings. The van der Waals surface area contributed by atoms with Crippen molar-refractivity contribution in [1.82, 2.24) is 5.48 Å². The van der Waals surface area contributed by atoms with Gasteiger partial charge in [0.15, 0.2) is 0 Å². The molecule has 4 heteroatoms. The van der Waals surface area contributed by atoms with Gasteiger partial charge in [0.25, 0.3) is 0 Å². The predicted molar refractivity (Wildman–Crippen MR) is 37.4 cm³/mol. The van der Waals surface area contributed by atoms with Crippen LogP contribution in [0.4, 0.5) is 0 Å². The highest BCUT2D eigenvalue weighted by atomic mass is 16.7. The van der Waals surface area contributed by atoms with E-state index in [0.717, 1.165) is 6.29 Å². The van der Waals surface area contributed by atoms with Crippen LogP contribution in [0.1, 0.15) is 13.8 Å². The van der Waals surface area contributed by atoms with Gasteiger partial charge in [0.05, 0.1) is 6.04 Å². The summed E-state index contributed by atoms with van der Waals surface area (Å²) in [5, 5.41) is 0. The second-order valence-corrected chi connectivity index (χ2v) is 2.81. The van der Waals surface area contributed by atoms with Gasteiger partial charge in [-0.2, -0.15) is 0 Å². The first-order chi connectivity index (χ1) is 5.16. The van der Waals surface area contributed by atoms with Crippen LogP contribution in [0.5, 0.6) is 0 Å². The Hall–Kier alpha value is -0.900. The van der Waals surface area contributed by atoms with Crippen LogP contribution >= 0.6 is 0 Å². The summed E-state index contributed by atoms with van der Waals surface area (Å²) in [5.41, 5.74) is 2.53. The second-order valence-electron chi connectivity index (χ2n) is 2.81. The lowest BCUT2D eigenvalue weighted by molar-refractivity contribution is -0.149. The summed E-state index contributed by atoms with van der Waals surface area (Å²) in [4.78, 5) is 25.1. The monoisotopic (exact) mass is 157 g/mol. The fourth-order valence-corrected chi connectivity index (χ4v) is 1.04. The van der Waals surface area contributed by atoms with Gasteiger partial charge in [0.2, 0.25) is 0 Å². The molecule has 0 saturated heterocycles. The maximum Gasteiger partial charge on any atom is 0.321 e. The highest BCUT2D eigenvalue weighted by Gasteiger charge is 2.47. The zero-order valence-corrected chi connectivity index (χ0v) is 6.53. The molecule has 0 bridgehead atoms. The van der Waals surface area contributed by atoms with E-state index in [0.29, 0.717) is 0 Å². The standard InChI is InChI=1S/C7H11NO3/c1-4-6(3-9)7(4)8-11-5(2)10/h3-4,6-8H,1-2H3/t4?,6-,7?/m1/s1. The second kappa shape index (κ2) is 3.00. The molecule has 0 aromatic heterocycles. The molecule has 0 spiro atoms. The van der Waals surface area contributed by atoms with Crippen LogP contribution in [0.15, 0.2) is 0 Å². The van der Waals surface area contributed by atoms with Gasteiger partial charge < -0.3 is 9.63 Å². The first kappa shape index (κ1) is 8.20. The smallest absolute Gasteiger partial charge is 0.321 e. The Morgan fingerprint density at radius 1 is 1.64 bits per heavy atom. The summed E-state index contributed by atoms with van der Waals surface area (Å²) in [6.07, 6.45) is 0.881. The summed E-state index contributed by atoms with van der Waals surface area (Å²) in [6.45, 7) is 3.25. The van der Waals surface area contributed by atoms with Gasteiger partial charge in [-0.15, -0.1) is 5.48 Å². The molecule has 62 valence electrons. The van der Waals surface area contributed by atoms with Gasteiger partial charge >= 0.3 is 5.97 Å². The lowest BCUT2D eigenvalue weighted by Gasteiger charge is -1.99. The molecule has 4 nitrogen and oxygen atoms in total. The maximum atomic E-state index is 10.3. The molecule has 11 heavy (non-hydrogen) atoms. The molecule has 0 aliphatic heterocycles. The molecule has 0 aromatic rings. The molecule has 0 aromatic carbocycles. The van der Waals surface area contributed by atoms with Crippen molar-refractivity contribution in [3.8, 4) is 0 Å². The number of carbonyl (C=O) groups excluding carboxylic acids is 2. The van der Waals surface area contributed by atoms with Crippen LogP contribution in [-0.2, 0) is 14.4 Å². The third kappa shape index (κ3) is 1.77. The largest absolute Gasteiger partial charge is 0.371 e. The maximum absolute atomic E-state index is 10.3. The van der Waals surface area contributed by atoms with E-state index in [-0.39, 0.29) is 23.8 Å². The molecule has 1 saturated carbocycles. The van der Waals surface area contributed by atoms with E-state index in [1.807, 2.05) is 6.92 Å². The molecule has 0 amide bonds. The van der Waals surface area contributed by atoms with Crippen molar-refractivity contribution in [3.05, 3.63) is 0 Å². The Kier molecular flexibility index (Phi) is 2.24. The van der Waals surface area contributed by atoms with Gasteiger partial charge in [-0.1, -0.05) is 6.92 Å². The molecule has 1 fully saturated rings. The molecular formula is C7H11NO3. The van der Waals surface area contributed by atoms with Gasteiger partial charge in [0.1, 0.15) is 6.29 Å². The van der Waals surface area contributed by atoms with Crippen molar-refractivity contribution in [2.24, 2.45) is 11.8 Å². The Labute approximate surface area is 64.9 Å². The Morgan fingerprint density at radius 2 is 2.27 bits per heavy atom. The van der Waals surface area contributed by atoms with Crippen molar-refractivity contribution in [2.45, 2.75) is 19.9 Å². The summed E-state index contributed by atoms with van der Waals surface area (Å²) in [7, 11) is 0. The number of hydroxylamine groups is 1. The van der Waals surface area contributed by atoms with Crippen LogP contribution < -0.4 is 5.48 Å². The average Bonchev–Trinajstić information content (AvgIpc) is 2.56. The first-order valence-electron chi connectivity index (χ1n) is 3.55. The minimum Gasteiger partial charge on any atom is -0.371 e. The van der Waals surface area contributed by atoms with Crippen molar-refractivity contribution in [3.63, 3.8) is 0 Å². The Morgan fingerprint density at radius 3 is 2.64 bits per heavy atom. The third-order valence-electron chi connectivity index (χ3n) is 1.94. The van der Waals surface area contributed by atoms with Gasteiger partial charge in [-0.05, 0) is 5.92 Å². The molecule has 0 radical (unpaired) electrons. The molecule has 1 aliphatic carbocycles. The Balaban J connectivity index is 2.20. The third-order valence-corrected chi connectivity index (χ3v) is 1.94. The number of nitrogens with one attached hydrogen (secondary N) is 1. The molecule has 1 N–H and O–H groups in total. The zero-order chi connectivity index (χ0) is 8.43. The van der Waals surface area contributed by atoms with Crippen molar-refractivity contribution >= 4 is 12.3 Å². The highest BCUT2D eigenvalue weighted by Crippen LogP contribution is 2.36. The van der Waals surface area contributed by atoms with E-state index in [2.05, 4.69) is 10.3 Å². The molecular weight excluding hydrogens is 146 g/mol.